The van der Waals surface area contributed by atoms with Gasteiger partial charge in [-0.05, 0) is 12.3 Å². The molecule has 1 rings (SSSR count). The number of carbonyl (C=O) groups excluding carboxylic acids is 1. The third kappa shape index (κ3) is 3.98. The average molecular weight is 256 g/mol. The molecule has 0 aromatic rings. The van der Waals surface area contributed by atoms with Gasteiger partial charge in [0.2, 0.25) is 5.91 Å². The zero-order chi connectivity index (χ0) is 13.5. The normalized spacial score (nSPS) is 24.3. The van der Waals surface area contributed by atoms with Crippen LogP contribution in [0.5, 0.6) is 0 Å². The number of carbonyl (C=O) groups is 1. The molecule has 0 spiro atoms. The lowest BCUT2D eigenvalue weighted by Crippen LogP contribution is -2.44. The highest BCUT2D eigenvalue weighted by Gasteiger charge is 2.28. The lowest BCUT2D eigenvalue weighted by atomic mass is 9.92. The first-order valence-corrected chi connectivity index (χ1v) is 6.59. The summed E-state index contributed by atoms with van der Waals surface area (Å²) < 4.78 is 5.05. The molecular formula is C13H24N2O3. The average Bonchev–Trinajstić information content (AvgIpc) is 2.38. The summed E-state index contributed by atoms with van der Waals surface area (Å²) in [5.74, 6) is 0.621. The molecule has 2 unspecified atom stereocenters. The summed E-state index contributed by atoms with van der Waals surface area (Å²) in [7, 11) is 1.65. The van der Waals surface area contributed by atoms with Gasteiger partial charge in [-0.1, -0.05) is 19.0 Å². The number of rotatable bonds is 5. The van der Waals surface area contributed by atoms with Crippen molar-refractivity contribution in [2.75, 3.05) is 26.8 Å². The van der Waals surface area contributed by atoms with Crippen molar-refractivity contribution in [1.29, 1.82) is 0 Å². The summed E-state index contributed by atoms with van der Waals surface area (Å²) in [6, 6.07) is 0. The predicted molar refractivity (Wildman–Crippen MR) is 69.9 cm³/mol. The molecule has 1 amide bonds. The summed E-state index contributed by atoms with van der Waals surface area (Å²) in [6.07, 6.45) is 2.10. The van der Waals surface area contributed by atoms with Gasteiger partial charge in [-0.3, -0.25) is 4.79 Å². The Hall–Kier alpha value is -1.10. The highest BCUT2D eigenvalue weighted by molar-refractivity contribution is 5.89. The van der Waals surface area contributed by atoms with E-state index in [1.807, 2.05) is 11.8 Å². The number of piperidine rings is 1. The third-order valence-corrected chi connectivity index (χ3v) is 3.50. The molecule has 1 N–H and O–H groups in total. The zero-order valence-corrected chi connectivity index (χ0v) is 11.6. The molecule has 1 aliphatic rings. The Labute approximate surface area is 109 Å². The van der Waals surface area contributed by atoms with Gasteiger partial charge >= 0.3 is 0 Å². The molecule has 0 saturated carbocycles. The minimum atomic E-state index is 0.176. The molecule has 0 aromatic carbocycles. The maximum Gasteiger partial charge on any atom is 0.222 e. The van der Waals surface area contributed by atoms with E-state index in [1.54, 1.807) is 7.11 Å². The largest absolute Gasteiger partial charge is 0.411 e. The molecule has 0 bridgehead atoms. The molecule has 18 heavy (non-hydrogen) atoms. The summed E-state index contributed by atoms with van der Waals surface area (Å²) >= 11 is 0. The summed E-state index contributed by atoms with van der Waals surface area (Å²) in [5.41, 5.74) is 0.825. The van der Waals surface area contributed by atoms with E-state index in [0.29, 0.717) is 32.5 Å². The molecule has 1 heterocycles. The van der Waals surface area contributed by atoms with Crippen molar-refractivity contribution < 1.29 is 14.7 Å². The Kier molecular flexibility index (Phi) is 6.12. The number of amides is 1. The van der Waals surface area contributed by atoms with Gasteiger partial charge in [0.05, 0.1) is 5.71 Å². The van der Waals surface area contributed by atoms with Crippen molar-refractivity contribution in [3.63, 3.8) is 0 Å². The fourth-order valence-corrected chi connectivity index (χ4v) is 2.41. The topological polar surface area (TPSA) is 62.1 Å². The van der Waals surface area contributed by atoms with E-state index < -0.39 is 0 Å². The molecule has 1 saturated heterocycles. The number of ether oxygens (including phenoxy) is 1. The zero-order valence-electron chi connectivity index (χ0n) is 11.6. The van der Waals surface area contributed by atoms with Crippen LogP contribution in [-0.4, -0.2) is 48.5 Å². The van der Waals surface area contributed by atoms with Crippen LogP contribution in [0.2, 0.25) is 0 Å². The van der Waals surface area contributed by atoms with Gasteiger partial charge in [-0.15, -0.1) is 0 Å². The van der Waals surface area contributed by atoms with Crippen LogP contribution in [0, 0.1) is 11.8 Å². The van der Waals surface area contributed by atoms with E-state index in [2.05, 4.69) is 12.1 Å². The summed E-state index contributed by atoms with van der Waals surface area (Å²) in [5, 5.41) is 12.2. The molecule has 2 atom stereocenters. The highest BCUT2D eigenvalue weighted by atomic mass is 16.5. The van der Waals surface area contributed by atoms with E-state index >= 15 is 0 Å². The van der Waals surface area contributed by atoms with Crippen molar-refractivity contribution in [1.82, 2.24) is 4.90 Å². The van der Waals surface area contributed by atoms with E-state index in [0.717, 1.165) is 12.1 Å². The Balaban J connectivity index is 2.50. The molecule has 0 radical (unpaired) electrons. The molecule has 1 fully saturated rings. The third-order valence-electron chi connectivity index (χ3n) is 3.50. The van der Waals surface area contributed by atoms with Crippen molar-refractivity contribution in [2.45, 2.75) is 33.1 Å². The highest BCUT2D eigenvalue weighted by Crippen LogP contribution is 2.19. The van der Waals surface area contributed by atoms with Gasteiger partial charge in [0.1, 0.15) is 0 Å². The standard InChI is InChI=1S/C13H24N2O3/c1-4-11-8-15(6-5-12(11)14-17)13(16)7-10(2)9-18-3/h10-11,17H,4-9H2,1-3H3. The van der Waals surface area contributed by atoms with Crippen LogP contribution in [0.4, 0.5) is 0 Å². The van der Waals surface area contributed by atoms with Gasteiger partial charge in [0, 0.05) is 45.6 Å². The van der Waals surface area contributed by atoms with Crippen LogP contribution < -0.4 is 0 Å². The SMILES string of the molecule is CCC1CN(C(=O)CC(C)COC)CCC1=NO. The van der Waals surface area contributed by atoms with E-state index in [-0.39, 0.29) is 17.7 Å². The minimum absolute atomic E-state index is 0.176. The van der Waals surface area contributed by atoms with E-state index in [1.165, 1.54) is 0 Å². The Morgan fingerprint density at radius 2 is 2.39 bits per heavy atom. The first-order valence-electron chi connectivity index (χ1n) is 6.59. The lowest BCUT2D eigenvalue weighted by molar-refractivity contribution is -0.133. The second kappa shape index (κ2) is 7.36. The van der Waals surface area contributed by atoms with Gasteiger partial charge in [-0.25, -0.2) is 0 Å². The molecule has 0 aliphatic carbocycles. The Morgan fingerprint density at radius 1 is 1.67 bits per heavy atom. The molecule has 0 aromatic heterocycles. The summed E-state index contributed by atoms with van der Waals surface area (Å²) in [6.45, 7) is 6.02. The van der Waals surface area contributed by atoms with E-state index in [4.69, 9.17) is 9.94 Å². The minimum Gasteiger partial charge on any atom is -0.411 e. The number of likely N-dealkylation sites (tertiary alicyclic amines) is 1. The van der Waals surface area contributed by atoms with Gasteiger partial charge in [-0.2, -0.15) is 0 Å². The monoisotopic (exact) mass is 256 g/mol. The number of hydrogen-bond acceptors (Lipinski definition) is 4. The first kappa shape index (κ1) is 15.0. The van der Waals surface area contributed by atoms with Crippen molar-refractivity contribution >= 4 is 11.6 Å². The molecule has 5 heteroatoms. The predicted octanol–water partition coefficient (Wildman–Crippen LogP) is 1.75. The maximum absolute atomic E-state index is 12.1. The van der Waals surface area contributed by atoms with Crippen LogP contribution in [-0.2, 0) is 9.53 Å². The van der Waals surface area contributed by atoms with Crippen LogP contribution in [0.25, 0.3) is 0 Å². The lowest BCUT2D eigenvalue weighted by Gasteiger charge is -2.33. The fraction of sp³-hybridized carbons (Fsp3) is 0.846. The van der Waals surface area contributed by atoms with Crippen LogP contribution in [0.1, 0.15) is 33.1 Å². The number of hydrogen-bond donors (Lipinski definition) is 1. The van der Waals surface area contributed by atoms with Crippen molar-refractivity contribution in [3.8, 4) is 0 Å². The number of nitrogens with zero attached hydrogens (tertiary/aromatic N) is 2. The van der Waals surface area contributed by atoms with Crippen LogP contribution in [0.15, 0.2) is 5.16 Å². The van der Waals surface area contributed by atoms with Gasteiger partial charge < -0.3 is 14.8 Å². The molecule has 1 aliphatic heterocycles. The van der Waals surface area contributed by atoms with Gasteiger partial charge in [0.15, 0.2) is 0 Å². The van der Waals surface area contributed by atoms with Gasteiger partial charge in [0.25, 0.3) is 0 Å². The fourth-order valence-electron chi connectivity index (χ4n) is 2.41. The Bertz CT molecular complexity index is 305. The quantitative estimate of drug-likeness (QED) is 0.602. The molecule has 5 nitrogen and oxygen atoms in total. The first-order chi connectivity index (χ1) is 8.62. The molecule has 104 valence electrons. The smallest absolute Gasteiger partial charge is 0.222 e. The molecular weight excluding hydrogens is 232 g/mol. The number of oxime groups is 1. The van der Waals surface area contributed by atoms with Crippen LogP contribution in [0.3, 0.4) is 0 Å². The number of methoxy groups -OCH3 is 1. The van der Waals surface area contributed by atoms with Crippen molar-refractivity contribution in [3.05, 3.63) is 0 Å². The second-order valence-electron chi connectivity index (χ2n) is 5.05. The van der Waals surface area contributed by atoms with E-state index in [9.17, 15) is 4.79 Å². The second-order valence-corrected chi connectivity index (χ2v) is 5.05. The van der Waals surface area contributed by atoms with Crippen LogP contribution >= 0.6 is 0 Å². The summed E-state index contributed by atoms with van der Waals surface area (Å²) in [4.78, 5) is 14.0. The van der Waals surface area contributed by atoms with Crippen molar-refractivity contribution in [2.24, 2.45) is 17.0 Å². The Morgan fingerprint density at radius 3 is 2.94 bits per heavy atom. The maximum atomic E-state index is 12.1.